The van der Waals surface area contributed by atoms with Crippen LogP contribution in [0.25, 0.3) is 0 Å². The molecule has 0 aliphatic heterocycles. The summed E-state index contributed by atoms with van der Waals surface area (Å²) in [5.41, 5.74) is 3.96. The molecule has 0 fully saturated rings. The van der Waals surface area contributed by atoms with Crippen LogP contribution in [0.15, 0.2) is 98.1 Å². The fourth-order valence-corrected chi connectivity index (χ4v) is 6.60. The first-order valence-electron chi connectivity index (χ1n) is 23.6. The summed E-state index contributed by atoms with van der Waals surface area (Å²) in [4.78, 5) is 63.1. The van der Waals surface area contributed by atoms with E-state index in [1.54, 1.807) is 49.6 Å². The van der Waals surface area contributed by atoms with Crippen LogP contribution in [0, 0.1) is 0 Å². The van der Waals surface area contributed by atoms with Gasteiger partial charge in [0.15, 0.2) is 0 Å². The number of carbonyl (C=O) groups is 4. The number of unbranched alkanes of at least 4 members (excludes halogenated alkanes) is 15. The molecule has 16 heteroatoms. The normalized spacial score (nSPS) is 10.4. The predicted octanol–water partition coefficient (Wildman–Crippen LogP) is 8.18. The standard InChI is InChI=1S/C25H38N6O2.C24H36N6O2/c32-24(30-20-22-12-10-14-26-18-22)28-16-8-6-4-2-1-3-5-7-9-17-29-25(33)31-21-23-13-11-15-27-19-23;31-23(29-19-21-11-9-13-25-17-21)27-15-7-5-3-1-2-4-6-8-16-28-24(32)30-20-22-12-10-14-26-18-22/h10-15,18-19H,1-9,16-17,20-21H2,(H2,28,30,32)(H2,29,31,33);9-14,17-18H,1-8,15-16,19-20H2,(H2,27,29,31)(H2,28,30,32). The molecule has 16 nitrogen and oxygen atoms in total. The molecule has 8 amide bonds. The van der Waals surface area contributed by atoms with E-state index in [-0.39, 0.29) is 24.1 Å². The number of aromatic nitrogens is 4. The number of carbonyl (C=O) groups excluding carboxylic acids is 4. The SMILES string of the molecule is O=C(NCCCCCCCCCCCNC(=O)NCc1cccnc1)NCc1cccnc1.O=C(NCCCCCCCCCCNC(=O)NCc1cccnc1)NCc1cccnc1. The molecule has 65 heavy (non-hydrogen) atoms. The van der Waals surface area contributed by atoms with Gasteiger partial charge in [0, 0.05) is 102 Å². The second kappa shape index (κ2) is 37.1. The Balaban J connectivity index is 0.000000345. The summed E-state index contributed by atoms with van der Waals surface area (Å²) in [6, 6.07) is 14.7. The van der Waals surface area contributed by atoms with Gasteiger partial charge in [-0.05, 0) is 72.2 Å². The van der Waals surface area contributed by atoms with Gasteiger partial charge in [0.1, 0.15) is 0 Å². The summed E-state index contributed by atoms with van der Waals surface area (Å²) in [5.74, 6) is 0. The highest BCUT2D eigenvalue weighted by Crippen LogP contribution is 2.10. The topological polar surface area (TPSA) is 216 Å². The molecule has 0 saturated carbocycles. The number of pyridine rings is 4. The summed E-state index contributed by atoms with van der Waals surface area (Å²) in [6.07, 6.45) is 33.4. The van der Waals surface area contributed by atoms with Crippen LogP contribution < -0.4 is 42.5 Å². The summed E-state index contributed by atoms with van der Waals surface area (Å²) in [6.45, 7) is 4.80. The van der Waals surface area contributed by atoms with Gasteiger partial charge in [0.25, 0.3) is 0 Å². The molecule has 0 aliphatic carbocycles. The Morgan fingerprint density at radius 1 is 0.292 bits per heavy atom. The minimum absolute atomic E-state index is 0.126. The lowest BCUT2D eigenvalue weighted by atomic mass is 10.1. The molecule has 0 unspecified atom stereocenters. The van der Waals surface area contributed by atoms with Crippen LogP contribution in [0.3, 0.4) is 0 Å². The monoisotopic (exact) mass is 895 g/mol. The fourth-order valence-electron chi connectivity index (χ4n) is 6.60. The highest BCUT2D eigenvalue weighted by atomic mass is 16.2. The number of hydrogen-bond acceptors (Lipinski definition) is 8. The average Bonchev–Trinajstić information content (AvgIpc) is 3.34. The van der Waals surface area contributed by atoms with Gasteiger partial charge in [-0.25, -0.2) is 19.2 Å². The molecule has 4 heterocycles. The van der Waals surface area contributed by atoms with E-state index in [1.807, 2.05) is 48.5 Å². The number of amides is 8. The quantitative estimate of drug-likeness (QED) is 0.0230. The number of urea groups is 4. The maximum Gasteiger partial charge on any atom is 0.315 e. The molecule has 4 aromatic rings. The van der Waals surface area contributed by atoms with Crippen LogP contribution in [0.2, 0.25) is 0 Å². The smallest absolute Gasteiger partial charge is 0.315 e. The fraction of sp³-hybridized carbons (Fsp3) is 0.510. The van der Waals surface area contributed by atoms with Crippen LogP contribution in [-0.4, -0.2) is 70.2 Å². The van der Waals surface area contributed by atoms with Crippen LogP contribution in [0.4, 0.5) is 19.2 Å². The largest absolute Gasteiger partial charge is 0.338 e. The van der Waals surface area contributed by atoms with E-state index >= 15 is 0 Å². The van der Waals surface area contributed by atoms with E-state index in [1.165, 1.54) is 57.8 Å². The van der Waals surface area contributed by atoms with Crippen LogP contribution in [0.5, 0.6) is 0 Å². The average molecular weight is 895 g/mol. The second-order valence-electron chi connectivity index (χ2n) is 15.9. The molecule has 8 N–H and O–H groups in total. The second-order valence-corrected chi connectivity index (χ2v) is 15.9. The minimum atomic E-state index is -0.131. The van der Waals surface area contributed by atoms with E-state index in [2.05, 4.69) is 62.5 Å². The van der Waals surface area contributed by atoms with Crippen molar-refractivity contribution in [1.82, 2.24) is 62.5 Å². The van der Waals surface area contributed by atoms with E-state index < -0.39 is 0 Å². The minimum Gasteiger partial charge on any atom is -0.338 e. The zero-order valence-electron chi connectivity index (χ0n) is 38.3. The first-order valence-corrected chi connectivity index (χ1v) is 23.6. The van der Waals surface area contributed by atoms with Gasteiger partial charge < -0.3 is 42.5 Å². The number of hydrogen-bond donors (Lipinski definition) is 8. The van der Waals surface area contributed by atoms with E-state index in [0.29, 0.717) is 52.4 Å². The van der Waals surface area contributed by atoms with Gasteiger partial charge in [0.2, 0.25) is 0 Å². The Labute approximate surface area is 386 Å². The number of nitrogens with one attached hydrogen (secondary N) is 8. The van der Waals surface area contributed by atoms with Gasteiger partial charge in [-0.2, -0.15) is 0 Å². The highest BCUT2D eigenvalue weighted by molar-refractivity contribution is 5.74. The Kier molecular flexibility index (Phi) is 30.3. The van der Waals surface area contributed by atoms with Crippen molar-refractivity contribution in [2.24, 2.45) is 0 Å². The molecule has 354 valence electrons. The summed E-state index contributed by atoms with van der Waals surface area (Å²) >= 11 is 0. The first kappa shape index (κ1) is 53.0. The lowest BCUT2D eigenvalue weighted by Gasteiger charge is -2.08. The lowest BCUT2D eigenvalue weighted by Crippen LogP contribution is -2.35. The van der Waals surface area contributed by atoms with E-state index in [0.717, 1.165) is 73.6 Å². The summed E-state index contributed by atoms with van der Waals surface area (Å²) in [5, 5.41) is 22.9. The Bertz CT molecular complexity index is 1660. The Morgan fingerprint density at radius 2 is 0.492 bits per heavy atom. The van der Waals surface area contributed by atoms with Crippen LogP contribution in [0.1, 0.15) is 131 Å². The molecule has 0 spiro atoms. The molecule has 0 atom stereocenters. The maximum absolute atomic E-state index is 11.8. The van der Waals surface area contributed by atoms with Gasteiger partial charge >= 0.3 is 24.1 Å². The third kappa shape index (κ3) is 30.4. The molecule has 0 aliphatic rings. The molecular formula is C49H74N12O4. The molecule has 4 aromatic heterocycles. The van der Waals surface area contributed by atoms with Crippen molar-refractivity contribution in [3.05, 3.63) is 120 Å². The predicted molar refractivity (Wildman–Crippen MR) is 256 cm³/mol. The van der Waals surface area contributed by atoms with Crippen molar-refractivity contribution in [2.75, 3.05) is 26.2 Å². The number of nitrogens with zero attached hydrogens (tertiary/aromatic N) is 4. The molecule has 4 rings (SSSR count). The van der Waals surface area contributed by atoms with Crippen molar-refractivity contribution in [3.63, 3.8) is 0 Å². The highest BCUT2D eigenvalue weighted by Gasteiger charge is 2.04. The molecule has 0 bridgehead atoms. The maximum atomic E-state index is 11.8. The van der Waals surface area contributed by atoms with Crippen LogP contribution >= 0.6 is 0 Å². The van der Waals surface area contributed by atoms with E-state index in [4.69, 9.17) is 0 Å². The number of rotatable bonds is 31. The van der Waals surface area contributed by atoms with Gasteiger partial charge in [0.05, 0.1) is 0 Å². The molecule has 0 radical (unpaired) electrons. The molecule has 0 aromatic carbocycles. The van der Waals surface area contributed by atoms with Gasteiger partial charge in [-0.1, -0.05) is 108 Å². The van der Waals surface area contributed by atoms with Crippen molar-refractivity contribution in [3.8, 4) is 0 Å². The van der Waals surface area contributed by atoms with Crippen LogP contribution in [-0.2, 0) is 26.2 Å². The molecule has 0 saturated heterocycles. The lowest BCUT2D eigenvalue weighted by molar-refractivity contribution is 0.239. The van der Waals surface area contributed by atoms with Crippen molar-refractivity contribution in [1.29, 1.82) is 0 Å². The Hall–Kier alpha value is -6.32. The molecular weight excluding hydrogens is 821 g/mol. The zero-order valence-corrected chi connectivity index (χ0v) is 38.3. The third-order valence-electron chi connectivity index (χ3n) is 10.3. The zero-order chi connectivity index (χ0) is 46.1. The third-order valence-corrected chi connectivity index (χ3v) is 10.3. The van der Waals surface area contributed by atoms with Crippen molar-refractivity contribution < 1.29 is 19.2 Å². The summed E-state index contributed by atoms with van der Waals surface area (Å²) in [7, 11) is 0. The summed E-state index contributed by atoms with van der Waals surface area (Å²) < 4.78 is 0. The van der Waals surface area contributed by atoms with Gasteiger partial charge in [-0.15, -0.1) is 0 Å². The van der Waals surface area contributed by atoms with Crippen molar-refractivity contribution in [2.45, 2.75) is 135 Å². The van der Waals surface area contributed by atoms with Gasteiger partial charge in [-0.3, -0.25) is 19.9 Å². The van der Waals surface area contributed by atoms with E-state index in [9.17, 15) is 19.2 Å². The first-order chi connectivity index (χ1) is 32.0. The Morgan fingerprint density at radius 3 is 0.677 bits per heavy atom. The van der Waals surface area contributed by atoms with Crippen molar-refractivity contribution >= 4 is 24.1 Å².